The summed E-state index contributed by atoms with van der Waals surface area (Å²) in [7, 11) is 0. The molecule has 0 saturated carbocycles. The van der Waals surface area contributed by atoms with Gasteiger partial charge >= 0.3 is 0 Å². The Morgan fingerprint density at radius 2 is 2.06 bits per heavy atom. The van der Waals surface area contributed by atoms with E-state index in [9.17, 15) is 0 Å². The summed E-state index contributed by atoms with van der Waals surface area (Å²) in [4.78, 5) is 0. The number of halogens is 1. The molecule has 2 nitrogen and oxygen atoms in total. The van der Waals surface area contributed by atoms with E-state index in [1.165, 1.54) is 0 Å². The van der Waals surface area contributed by atoms with Crippen molar-refractivity contribution < 1.29 is 4.74 Å². The Morgan fingerprint density at radius 3 is 2.69 bits per heavy atom. The van der Waals surface area contributed by atoms with Crippen LogP contribution in [-0.2, 0) is 0 Å². The number of allylic oxidation sites excluding steroid dienone is 1. The van der Waals surface area contributed by atoms with Crippen molar-refractivity contribution in [3.8, 4) is 5.75 Å². The van der Waals surface area contributed by atoms with Gasteiger partial charge in [-0.15, -0.1) is 6.58 Å². The molecule has 1 unspecified atom stereocenters. The molecule has 0 fully saturated rings. The van der Waals surface area contributed by atoms with Crippen molar-refractivity contribution in [2.75, 3.05) is 6.61 Å². The zero-order valence-electron chi connectivity index (χ0n) is 9.36. The van der Waals surface area contributed by atoms with Crippen LogP contribution in [-0.4, -0.2) is 12.6 Å². The van der Waals surface area contributed by atoms with Gasteiger partial charge in [0.15, 0.2) is 0 Å². The van der Waals surface area contributed by atoms with E-state index in [0.717, 1.165) is 25.0 Å². The molecule has 3 heteroatoms. The molecule has 1 rings (SSSR count). The molecule has 2 N–H and O–H groups in total. The highest BCUT2D eigenvalue weighted by Crippen LogP contribution is 2.15. The van der Waals surface area contributed by atoms with Crippen LogP contribution in [0.15, 0.2) is 36.9 Å². The van der Waals surface area contributed by atoms with Crippen LogP contribution in [0.5, 0.6) is 5.75 Å². The van der Waals surface area contributed by atoms with Crippen molar-refractivity contribution in [2.45, 2.75) is 25.3 Å². The Labute approximate surface area is 102 Å². The van der Waals surface area contributed by atoms with Gasteiger partial charge in [0.05, 0.1) is 0 Å². The maximum Gasteiger partial charge on any atom is 0.119 e. The molecule has 0 bridgehead atoms. The molecule has 1 atom stereocenters. The lowest BCUT2D eigenvalue weighted by atomic mass is 10.1. The van der Waals surface area contributed by atoms with Crippen LogP contribution in [0.4, 0.5) is 0 Å². The molecule has 0 aliphatic carbocycles. The lowest BCUT2D eigenvalue weighted by molar-refractivity contribution is 0.280. The van der Waals surface area contributed by atoms with Crippen LogP contribution in [0, 0.1) is 0 Å². The number of hydrogen-bond donors (Lipinski definition) is 1. The number of nitrogens with two attached hydrogens (primary N) is 1. The predicted molar refractivity (Wildman–Crippen MR) is 69.0 cm³/mol. The second-order valence-corrected chi connectivity index (χ2v) is 4.18. The molecular weight excluding hydrogens is 222 g/mol. The normalized spacial score (nSPS) is 12.1. The molecule has 0 radical (unpaired) electrons. The molecular formula is C13H18ClNO. The van der Waals surface area contributed by atoms with E-state index in [2.05, 4.69) is 6.58 Å². The zero-order chi connectivity index (χ0) is 11.8. The Hall–Kier alpha value is -0.990. The summed E-state index contributed by atoms with van der Waals surface area (Å²) in [6.07, 6.45) is 4.94. The fourth-order valence-electron chi connectivity index (χ4n) is 1.34. The van der Waals surface area contributed by atoms with Crippen LogP contribution >= 0.6 is 11.6 Å². The molecule has 0 saturated heterocycles. The zero-order valence-corrected chi connectivity index (χ0v) is 10.1. The molecule has 88 valence electrons. The van der Waals surface area contributed by atoms with Gasteiger partial charge in [0.1, 0.15) is 12.4 Å². The highest BCUT2D eigenvalue weighted by Gasteiger charge is 2.02. The third-order valence-corrected chi connectivity index (χ3v) is 2.51. The van der Waals surface area contributed by atoms with Gasteiger partial charge in [-0.25, -0.2) is 0 Å². The third-order valence-electron chi connectivity index (χ3n) is 2.26. The van der Waals surface area contributed by atoms with Gasteiger partial charge in [0.25, 0.3) is 0 Å². The largest absolute Gasteiger partial charge is 0.492 e. The average molecular weight is 240 g/mol. The number of rotatable bonds is 7. The first-order chi connectivity index (χ1) is 7.72. The maximum atomic E-state index is 5.91. The number of benzene rings is 1. The van der Waals surface area contributed by atoms with E-state index >= 15 is 0 Å². The molecule has 0 spiro atoms. The highest BCUT2D eigenvalue weighted by molar-refractivity contribution is 6.30. The molecule has 0 aliphatic heterocycles. The van der Waals surface area contributed by atoms with Crippen LogP contribution in [0.1, 0.15) is 19.3 Å². The molecule has 0 amide bonds. The Bertz CT molecular complexity index is 310. The molecule has 0 aliphatic rings. The smallest absolute Gasteiger partial charge is 0.119 e. The minimum absolute atomic E-state index is 0.0793. The Morgan fingerprint density at radius 1 is 1.38 bits per heavy atom. The van der Waals surface area contributed by atoms with Crippen LogP contribution in [0.25, 0.3) is 0 Å². The minimum Gasteiger partial charge on any atom is -0.492 e. The first-order valence-electron chi connectivity index (χ1n) is 5.47. The van der Waals surface area contributed by atoms with Gasteiger partial charge in [-0.1, -0.05) is 17.7 Å². The van der Waals surface area contributed by atoms with Crippen molar-refractivity contribution >= 4 is 11.6 Å². The van der Waals surface area contributed by atoms with Gasteiger partial charge < -0.3 is 10.5 Å². The highest BCUT2D eigenvalue weighted by atomic mass is 35.5. The van der Waals surface area contributed by atoms with E-state index < -0.39 is 0 Å². The van der Waals surface area contributed by atoms with Gasteiger partial charge in [-0.05, 0) is 43.5 Å². The Kier molecular flexibility index (Phi) is 5.98. The fourth-order valence-corrected chi connectivity index (χ4v) is 1.47. The summed E-state index contributed by atoms with van der Waals surface area (Å²) in [5, 5.41) is 0.711. The summed E-state index contributed by atoms with van der Waals surface area (Å²) in [5.41, 5.74) is 5.91. The molecule has 0 heterocycles. The number of hydrogen-bond acceptors (Lipinski definition) is 2. The first-order valence-corrected chi connectivity index (χ1v) is 5.85. The summed E-state index contributed by atoms with van der Waals surface area (Å²) >= 11 is 5.77. The standard InChI is InChI=1S/C13H18ClNO/c1-2-3-4-5-12(15)10-16-13-8-6-11(14)7-9-13/h2,6-9,12H,1,3-5,10,15H2. The fraction of sp³-hybridized carbons (Fsp3) is 0.385. The van der Waals surface area contributed by atoms with Crippen molar-refractivity contribution in [1.82, 2.24) is 0 Å². The monoisotopic (exact) mass is 239 g/mol. The van der Waals surface area contributed by atoms with Gasteiger partial charge in [0.2, 0.25) is 0 Å². The third kappa shape index (κ3) is 5.19. The molecule has 1 aromatic carbocycles. The van der Waals surface area contributed by atoms with Gasteiger partial charge in [-0.2, -0.15) is 0 Å². The molecule has 1 aromatic rings. The van der Waals surface area contributed by atoms with Crippen LogP contribution in [0.2, 0.25) is 5.02 Å². The maximum absolute atomic E-state index is 5.91. The topological polar surface area (TPSA) is 35.2 Å². The van der Waals surface area contributed by atoms with E-state index in [4.69, 9.17) is 22.1 Å². The predicted octanol–water partition coefficient (Wildman–Crippen LogP) is 3.40. The number of unbranched alkanes of at least 4 members (excludes halogenated alkanes) is 1. The second-order valence-electron chi connectivity index (χ2n) is 3.74. The van der Waals surface area contributed by atoms with Crippen molar-refractivity contribution in [3.05, 3.63) is 41.9 Å². The van der Waals surface area contributed by atoms with Gasteiger partial charge in [-0.3, -0.25) is 0 Å². The average Bonchev–Trinajstić information content (AvgIpc) is 2.29. The van der Waals surface area contributed by atoms with E-state index in [1.54, 1.807) is 12.1 Å². The second kappa shape index (κ2) is 7.31. The van der Waals surface area contributed by atoms with Crippen LogP contribution < -0.4 is 10.5 Å². The van der Waals surface area contributed by atoms with Crippen molar-refractivity contribution in [2.24, 2.45) is 5.73 Å². The van der Waals surface area contributed by atoms with E-state index in [1.807, 2.05) is 18.2 Å². The summed E-state index contributed by atoms with van der Waals surface area (Å²) in [6.45, 7) is 4.22. The lowest BCUT2D eigenvalue weighted by Gasteiger charge is -2.12. The van der Waals surface area contributed by atoms with Crippen LogP contribution in [0.3, 0.4) is 0 Å². The molecule has 0 aromatic heterocycles. The van der Waals surface area contributed by atoms with Crippen molar-refractivity contribution in [1.29, 1.82) is 0 Å². The van der Waals surface area contributed by atoms with Gasteiger partial charge in [0, 0.05) is 11.1 Å². The summed E-state index contributed by atoms with van der Waals surface area (Å²) in [5.74, 6) is 0.809. The minimum atomic E-state index is 0.0793. The summed E-state index contributed by atoms with van der Waals surface area (Å²) < 4.78 is 5.54. The van der Waals surface area contributed by atoms with E-state index in [-0.39, 0.29) is 6.04 Å². The number of ether oxygens (including phenoxy) is 1. The quantitative estimate of drug-likeness (QED) is 0.585. The SMILES string of the molecule is C=CCCCC(N)COc1ccc(Cl)cc1. The lowest BCUT2D eigenvalue weighted by Crippen LogP contribution is -2.27. The van der Waals surface area contributed by atoms with Crippen molar-refractivity contribution in [3.63, 3.8) is 0 Å². The summed E-state index contributed by atoms with van der Waals surface area (Å²) in [6, 6.07) is 7.38. The van der Waals surface area contributed by atoms with E-state index in [0.29, 0.717) is 11.6 Å². The Balaban J connectivity index is 2.23. The molecule has 16 heavy (non-hydrogen) atoms. The first kappa shape index (κ1) is 13.1.